The van der Waals surface area contributed by atoms with E-state index in [9.17, 15) is 0 Å². The molecule has 1 aromatic carbocycles. The lowest BCUT2D eigenvalue weighted by Gasteiger charge is -2.12. The van der Waals surface area contributed by atoms with Crippen LogP contribution in [0.15, 0.2) is 35.7 Å². The third kappa shape index (κ3) is 3.48. The molecule has 2 aromatic rings. The van der Waals surface area contributed by atoms with E-state index in [-0.39, 0.29) is 0 Å². The standard InChI is InChI=1S/C14H16ClNOS/c1-2-16-9-11-5-3-7-13(15)14(11)17-10-12-6-4-8-18-12/h3-8,16H,2,9-10H2,1H3. The molecule has 0 unspecified atom stereocenters. The van der Waals surface area contributed by atoms with Gasteiger partial charge in [0.1, 0.15) is 12.4 Å². The van der Waals surface area contributed by atoms with Crippen molar-refractivity contribution in [1.29, 1.82) is 0 Å². The first kappa shape index (κ1) is 13.4. The predicted molar refractivity (Wildman–Crippen MR) is 77.5 cm³/mol. The van der Waals surface area contributed by atoms with Crippen LogP contribution in [0, 0.1) is 0 Å². The van der Waals surface area contributed by atoms with Crippen LogP contribution in [0.25, 0.3) is 0 Å². The Bertz CT molecular complexity index is 485. The van der Waals surface area contributed by atoms with Crippen molar-refractivity contribution in [2.45, 2.75) is 20.1 Å². The van der Waals surface area contributed by atoms with Crippen LogP contribution in [-0.4, -0.2) is 6.54 Å². The van der Waals surface area contributed by atoms with Crippen molar-refractivity contribution in [2.24, 2.45) is 0 Å². The molecular weight excluding hydrogens is 266 g/mol. The largest absolute Gasteiger partial charge is 0.486 e. The van der Waals surface area contributed by atoms with Crippen LogP contribution in [-0.2, 0) is 13.2 Å². The van der Waals surface area contributed by atoms with Gasteiger partial charge in [-0.15, -0.1) is 11.3 Å². The molecule has 1 heterocycles. The molecule has 0 aliphatic carbocycles. The summed E-state index contributed by atoms with van der Waals surface area (Å²) >= 11 is 7.89. The zero-order valence-corrected chi connectivity index (χ0v) is 11.9. The second-order valence-electron chi connectivity index (χ2n) is 3.88. The Labute approximate surface area is 117 Å². The van der Waals surface area contributed by atoms with E-state index in [1.54, 1.807) is 11.3 Å². The van der Waals surface area contributed by atoms with Gasteiger partial charge in [0.2, 0.25) is 0 Å². The first-order valence-electron chi connectivity index (χ1n) is 5.94. The molecule has 1 aromatic heterocycles. The van der Waals surface area contributed by atoms with Crippen LogP contribution in [0.3, 0.4) is 0 Å². The smallest absolute Gasteiger partial charge is 0.142 e. The fourth-order valence-electron chi connectivity index (χ4n) is 1.65. The molecule has 0 saturated heterocycles. The number of benzene rings is 1. The third-order valence-corrected chi connectivity index (χ3v) is 3.70. The van der Waals surface area contributed by atoms with Gasteiger partial charge in [0.05, 0.1) is 5.02 Å². The van der Waals surface area contributed by atoms with Gasteiger partial charge >= 0.3 is 0 Å². The highest BCUT2D eigenvalue weighted by Crippen LogP contribution is 2.29. The molecule has 2 nitrogen and oxygen atoms in total. The first-order valence-corrected chi connectivity index (χ1v) is 7.20. The summed E-state index contributed by atoms with van der Waals surface area (Å²) in [6.07, 6.45) is 0. The average Bonchev–Trinajstić information content (AvgIpc) is 2.88. The first-order chi connectivity index (χ1) is 8.81. The summed E-state index contributed by atoms with van der Waals surface area (Å²) in [7, 11) is 0. The lowest BCUT2D eigenvalue weighted by Crippen LogP contribution is -2.13. The van der Waals surface area contributed by atoms with Gasteiger partial charge in [0, 0.05) is 17.0 Å². The van der Waals surface area contributed by atoms with Gasteiger partial charge in [-0.3, -0.25) is 0 Å². The van der Waals surface area contributed by atoms with Crippen molar-refractivity contribution in [3.05, 3.63) is 51.2 Å². The molecule has 0 aliphatic rings. The highest BCUT2D eigenvalue weighted by molar-refractivity contribution is 7.09. The van der Waals surface area contributed by atoms with Crippen molar-refractivity contribution in [3.63, 3.8) is 0 Å². The molecule has 0 radical (unpaired) electrons. The van der Waals surface area contributed by atoms with Crippen molar-refractivity contribution < 1.29 is 4.74 Å². The van der Waals surface area contributed by atoms with Crippen molar-refractivity contribution >= 4 is 22.9 Å². The second-order valence-corrected chi connectivity index (χ2v) is 5.32. The fraction of sp³-hybridized carbons (Fsp3) is 0.286. The topological polar surface area (TPSA) is 21.3 Å². The number of hydrogen-bond acceptors (Lipinski definition) is 3. The third-order valence-electron chi connectivity index (χ3n) is 2.55. The van der Waals surface area contributed by atoms with E-state index >= 15 is 0 Å². The minimum Gasteiger partial charge on any atom is -0.486 e. The Morgan fingerprint density at radius 1 is 1.28 bits per heavy atom. The molecule has 0 atom stereocenters. The summed E-state index contributed by atoms with van der Waals surface area (Å²) in [5, 5.41) is 6.00. The number of para-hydroxylation sites is 1. The van der Waals surface area contributed by atoms with E-state index in [0.717, 1.165) is 24.4 Å². The summed E-state index contributed by atoms with van der Waals surface area (Å²) in [4.78, 5) is 1.20. The molecule has 2 rings (SSSR count). The molecule has 0 amide bonds. The zero-order chi connectivity index (χ0) is 12.8. The Kier molecular flexibility index (Phi) is 5.05. The molecule has 96 valence electrons. The van der Waals surface area contributed by atoms with Gasteiger partial charge in [0.15, 0.2) is 0 Å². The van der Waals surface area contributed by atoms with Crippen molar-refractivity contribution in [2.75, 3.05) is 6.54 Å². The van der Waals surface area contributed by atoms with Gasteiger partial charge in [-0.1, -0.05) is 36.7 Å². The number of thiophene rings is 1. The fourth-order valence-corrected chi connectivity index (χ4v) is 2.52. The summed E-state index contributed by atoms with van der Waals surface area (Å²) in [5.74, 6) is 0.786. The summed E-state index contributed by atoms with van der Waals surface area (Å²) < 4.78 is 5.85. The zero-order valence-electron chi connectivity index (χ0n) is 10.3. The van der Waals surface area contributed by atoms with Gasteiger partial charge in [-0.2, -0.15) is 0 Å². The molecule has 18 heavy (non-hydrogen) atoms. The molecule has 1 N–H and O–H groups in total. The molecular formula is C14H16ClNOS. The molecule has 0 fully saturated rings. The quantitative estimate of drug-likeness (QED) is 0.861. The summed E-state index contributed by atoms with van der Waals surface area (Å²) in [6, 6.07) is 9.94. The van der Waals surface area contributed by atoms with Crippen LogP contribution >= 0.6 is 22.9 Å². The molecule has 0 spiro atoms. The second kappa shape index (κ2) is 6.78. The Morgan fingerprint density at radius 3 is 2.89 bits per heavy atom. The highest BCUT2D eigenvalue weighted by atomic mass is 35.5. The maximum absolute atomic E-state index is 6.20. The normalized spacial score (nSPS) is 10.6. The number of nitrogens with one attached hydrogen (secondary N) is 1. The number of hydrogen-bond donors (Lipinski definition) is 1. The van der Waals surface area contributed by atoms with Crippen molar-refractivity contribution in [3.8, 4) is 5.75 Å². The predicted octanol–water partition coefficient (Wildman–Crippen LogP) is 4.09. The number of rotatable bonds is 6. The van der Waals surface area contributed by atoms with Crippen LogP contribution in [0.1, 0.15) is 17.4 Å². The van der Waals surface area contributed by atoms with Gasteiger partial charge < -0.3 is 10.1 Å². The Balaban J connectivity index is 2.09. The van der Waals surface area contributed by atoms with Crippen LogP contribution in [0.4, 0.5) is 0 Å². The summed E-state index contributed by atoms with van der Waals surface area (Å²) in [6.45, 7) is 4.35. The van der Waals surface area contributed by atoms with E-state index in [4.69, 9.17) is 16.3 Å². The van der Waals surface area contributed by atoms with Crippen LogP contribution in [0.5, 0.6) is 5.75 Å². The molecule has 4 heteroatoms. The van der Waals surface area contributed by atoms with E-state index in [1.165, 1.54) is 4.88 Å². The lowest BCUT2D eigenvalue weighted by atomic mass is 10.2. The van der Waals surface area contributed by atoms with E-state index in [0.29, 0.717) is 11.6 Å². The summed E-state index contributed by atoms with van der Waals surface area (Å²) in [5.41, 5.74) is 1.10. The number of ether oxygens (including phenoxy) is 1. The van der Waals surface area contributed by atoms with Gasteiger partial charge in [-0.05, 0) is 24.1 Å². The molecule has 0 bridgehead atoms. The van der Waals surface area contributed by atoms with Crippen LogP contribution < -0.4 is 10.1 Å². The van der Waals surface area contributed by atoms with E-state index < -0.39 is 0 Å². The maximum atomic E-state index is 6.20. The Morgan fingerprint density at radius 2 is 2.17 bits per heavy atom. The molecule has 0 saturated carbocycles. The average molecular weight is 282 g/mol. The monoisotopic (exact) mass is 281 g/mol. The highest BCUT2D eigenvalue weighted by Gasteiger charge is 2.08. The van der Waals surface area contributed by atoms with E-state index in [2.05, 4.69) is 18.3 Å². The maximum Gasteiger partial charge on any atom is 0.142 e. The van der Waals surface area contributed by atoms with Gasteiger partial charge in [-0.25, -0.2) is 0 Å². The minimum atomic E-state index is 0.570. The lowest BCUT2D eigenvalue weighted by molar-refractivity contribution is 0.306. The number of halogens is 1. The minimum absolute atomic E-state index is 0.570. The Hall–Kier alpha value is -1.03. The SMILES string of the molecule is CCNCc1cccc(Cl)c1OCc1cccs1. The van der Waals surface area contributed by atoms with Crippen LogP contribution in [0.2, 0.25) is 5.02 Å². The van der Waals surface area contributed by atoms with E-state index in [1.807, 2.05) is 29.6 Å². The van der Waals surface area contributed by atoms with Crippen molar-refractivity contribution in [1.82, 2.24) is 5.32 Å². The van der Waals surface area contributed by atoms with Gasteiger partial charge in [0.25, 0.3) is 0 Å². The molecule has 0 aliphatic heterocycles.